The fourth-order valence-corrected chi connectivity index (χ4v) is 2.30. The first-order valence-corrected chi connectivity index (χ1v) is 6.17. The summed E-state index contributed by atoms with van der Waals surface area (Å²) in [6, 6.07) is 0. The maximum absolute atomic E-state index is 9.07. The Morgan fingerprint density at radius 1 is 1.41 bits per heavy atom. The Labute approximate surface area is 103 Å². The van der Waals surface area contributed by atoms with Crippen molar-refractivity contribution in [1.82, 2.24) is 9.97 Å². The van der Waals surface area contributed by atoms with Crippen LogP contribution in [0.1, 0.15) is 32.9 Å². The predicted octanol–water partition coefficient (Wildman–Crippen LogP) is 1.84. The van der Waals surface area contributed by atoms with Gasteiger partial charge in [0.05, 0.1) is 24.7 Å². The van der Waals surface area contributed by atoms with Crippen LogP contribution in [-0.4, -0.2) is 28.2 Å². The lowest BCUT2D eigenvalue weighted by Crippen LogP contribution is -2.26. The first-order chi connectivity index (χ1) is 8.00. The van der Waals surface area contributed by atoms with E-state index in [1.165, 1.54) is 6.42 Å². The molecule has 1 atom stereocenters. The van der Waals surface area contributed by atoms with Crippen molar-refractivity contribution in [2.75, 3.05) is 18.0 Å². The van der Waals surface area contributed by atoms with Crippen LogP contribution >= 0.6 is 0 Å². The molecule has 1 aliphatic rings. The van der Waals surface area contributed by atoms with Gasteiger partial charge in [0, 0.05) is 13.1 Å². The summed E-state index contributed by atoms with van der Waals surface area (Å²) in [4.78, 5) is 10.8. The summed E-state index contributed by atoms with van der Waals surface area (Å²) in [5, 5.41) is 9.07. The predicted molar refractivity (Wildman–Crippen MR) is 67.7 cm³/mol. The maximum atomic E-state index is 9.07. The molecule has 4 heteroatoms. The molecule has 94 valence electrons. The molecule has 1 fully saturated rings. The van der Waals surface area contributed by atoms with E-state index in [2.05, 4.69) is 35.6 Å². The number of anilines is 1. The zero-order valence-corrected chi connectivity index (χ0v) is 10.8. The van der Waals surface area contributed by atoms with E-state index in [4.69, 9.17) is 5.11 Å². The molecular formula is C13H21N3O. The molecule has 1 saturated heterocycles. The number of aromatic nitrogens is 2. The van der Waals surface area contributed by atoms with E-state index in [-0.39, 0.29) is 6.61 Å². The van der Waals surface area contributed by atoms with Crippen LogP contribution in [0.5, 0.6) is 0 Å². The van der Waals surface area contributed by atoms with Crippen LogP contribution in [-0.2, 0) is 6.61 Å². The van der Waals surface area contributed by atoms with Gasteiger partial charge in [0.2, 0.25) is 0 Å². The fraction of sp³-hybridized carbons (Fsp3) is 0.692. The van der Waals surface area contributed by atoms with Gasteiger partial charge in [-0.05, 0) is 17.8 Å². The van der Waals surface area contributed by atoms with E-state index in [1.54, 1.807) is 12.4 Å². The van der Waals surface area contributed by atoms with Crippen molar-refractivity contribution in [2.24, 2.45) is 11.3 Å². The van der Waals surface area contributed by atoms with Crippen molar-refractivity contribution >= 4 is 5.82 Å². The lowest BCUT2D eigenvalue weighted by atomic mass is 9.80. The molecule has 2 rings (SSSR count). The number of aliphatic hydroxyl groups is 1. The first kappa shape index (κ1) is 12.3. The minimum absolute atomic E-state index is 0.0443. The van der Waals surface area contributed by atoms with E-state index < -0.39 is 0 Å². The number of hydrogen-bond acceptors (Lipinski definition) is 4. The lowest BCUT2D eigenvalue weighted by molar-refractivity contribution is 0.263. The highest BCUT2D eigenvalue weighted by Crippen LogP contribution is 2.34. The molecule has 17 heavy (non-hydrogen) atoms. The van der Waals surface area contributed by atoms with E-state index in [0.717, 1.165) is 18.9 Å². The summed E-state index contributed by atoms with van der Waals surface area (Å²) in [6.07, 6.45) is 4.60. The van der Waals surface area contributed by atoms with Gasteiger partial charge in [-0.25, -0.2) is 4.98 Å². The molecule has 0 radical (unpaired) electrons. The molecule has 0 aromatic carbocycles. The summed E-state index contributed by atoms with van der Waals surface area (Å²) >= 11 is 0. The van der Waals surface area contributed by atoms with Crippen LogP contribution in [0.3, 0.4) is 0 Å². The Kier molecular flexibility index (Phi) is 3.33. The molecule has 0 amide bonds. The van der Waals surface area contributed by atoms with Gasteiger partial charge in [0.1, 0.15) is 5.82 Å². The molecule has 1 N–H and O–H groups in total. The summed E-state index contributed by atoms with van der Waals surface area (Å²) in [7, 11) is 0. The van der Waals surface area contributed by atoms with E-state index >= 15 is 0 Å². The highest BCUT2D eigenvalue weighted by atomic mass is 16.3. The Morgan fingerprint density at radius 2 is 2.18 bits per heavy atom. The number of rotatable bonds is 2. The second-order valence-corrected chi connectivity index (χ2v) is 5.82. The molecule has 0 bridgehead atoms. The quantitative estimate of drug-likeness (QED) is 0.849. The Morgan fingerprint density at radius 3 is 2.76 bits per heavy atom. The van der Waals surface area contributed by atoms with Crippen molar-refractivity contribution in [2.45, 2.75) is 33.8 Å². The van der Waals surface area contributed by atoms with Gasteiger partial charge in [-0.2, -0.15) is 0 Å². The van der Waals surface area contributed by atoms with Crippen molar-refractivity contribution in [3.8, 4) is 0 Å². The summed E-state index contributed by atoms with van der Waals surface area (Å²) < 4.78 is 0. The van der Waals surface area contributed by atoms with Crippen LogP contribution in [0.25, 0.3) is 0 Å². The van der Waals surface area contributed by atoms with Crippen molar-refractivity contribution in [3.05, 3.63) is 18.1 Å². The molecule has 1 aromatic rings. The van der Waals surface area contributed by atoms with Crippen molar-refractivity contribution < 1.29 is 5.11 Å². The summed E-state index contributed by atoms with van der Waals surface area (Å²) in [5.74, 6) is 1.59. The smallest absolute Gasteiger partial charge is 0.147 e. The van der Waals surface area contributed by atoms with Gasteiger partial charge < -0.3 is 10.0 Å². The van der Waals surface area contributed by atoms with Gasteiger partial charge in [0.15, 0.2) is 0 Å². The highest BCUT2D eigenvalue weighted by molar-refractivity contribution is 5.37. The number of aliphatic hydroxyl groups excluding tert-OH is 1. The van der Waals surface area contributed by atoms with Crippen LogP contribution in [0.15, 0.2) is 12.4 Å². The van der Waals surface area contributed by atoms with Crippen LogP contribution in [0.4, 0.5) is 5.82 Å². The van der Waals surface area contributed by atoms with Gasteiger partial charge in [-0.15, -0.1) is 0 Å². The fourth-order valence-electron chi connectivity index (χ4n) is 2.30. The average Bonchev–Trinajstić information content (AvgIpc) is 2.78. The molecule has 1 unspecified atom stereocenters. The third-order valence-electron chi connectivity index (χ3n) is 3.57. The van der Waals surface area contributed by atoms with E-state index in [9.17, 15) is 0 Å². The minimum Gasteiger partial charge on any atom is -0.390 e. The highest BCUT2D eigenvalue weighted by Gasteiger charge is 2.32. The van der Waals surface area contributed by atoms with E-state index in [1.807, 2.05) is 0 Å². The summed E-state index contributed by atoms with van der Waals surface area (Å²) in [6.45, 7) is 8.89. The largest absolute Gasteiger partial charge is 0.390 e. The van der Waals surface area contributed by atoms with Gasteiger partial charge >= 0.3 is 0 Å². The zero-order chi connectivity index (χ0) is 12.5. The van der Waals surface area contributed by atoms with Gasteiger partial charge in [-0.1, -0.05) is 20.8 Å². The van der Waals surface area contributed by atoms with Crippen LogP contribution in [0.2, 0.25) is 0 Å². The molecule has 2 heterocycles. The van der Waals surface area contributed by atoms with Gasteiger partial charge in [-0.3, -0.25) is 4.98 Å². The molecular weight excluding hydrogens is 214 g/mol. The summed E-state index contributed by atoms with van der Waals surface area (Å²) in [5.41, 5.74) is 0.984. The molecule has 0 spiro atoms. The number of nitrogens with zero attached hydrogens (tertiary/aromatic N) is 3. The SMILES string of the molecule is CC(C)(C)C1CCN(c2cncc(CO)n2)C1. The first-order valence-electron chi connectivity index (χ1n) is 6.17. The normalized spacial score (nSPS) is 20.9. The van der Waals surface area contributed by atoms with Crippen molar-refractivity contribution in [3.63, 3.8) is 0 Å². The molecule has 1 aromatic heterocycles. The maximum Gasteiger partial charge on any atom is 0.147 e. The van der Waals surface area contributed by atoms with Gasteiger partial charge in [0.25, 0.3) is 0 Å². The zero-order valence-electron chi connectivity index (χ0n) is 10.8. The third-order valence-corrected chi connectivity index (χ3v) is 3.57. The Balaban J connectivity index is 2.09. The third kappa shape index (κ3) is 2.75. The van der Waals surface area contributed by atoms with Crippen LogP contribution < -0.4 is 4.90 Å². The molecule has 1 aliphatic heterocycles. The average molecular weight is 235 g/mol. The lowest BCUT2D eigenvalue weighted by Gasteiger charge is -2.27. The Bertz CT molecular complexity index is 386. The van der Waals surface area contributed by atoms with E-state index in [0.29, 0.717) is 17.0 Å². The molecule has 4 nitrogen and oxygen atoms in total. The van der Waals surface area contributed by atoms with Crippen LogP contribution in [0, 0.1) is 11.3 Å². The monoisotopic (exact) mass is 235 g/mol. The molecule has 0 aliphatic carbocycles. The number of hydrogen-bond donors (Lipinski definition) is 1. The second-order valence-electron chi connectivity index (χ2n) is 5.82. The topological polar surface area (TPSA) is 49.2 Å². The minimum atomic E-state index is -0.0443. The van der Waals surface area contributed by atoms with Crippen molar-refractivity contribution in [1.29, 1.82) is 0 Å². The standard InChI is InChI=1S/C13H21N3O/c1-13(2,3)10-4-5-16(8-10)12-7-14-6-11(9-17)15-12/h6-7,10,17H,4-5,8-9H2,1-3H3. The molecule has 0 saturated carbocycles. The second kappa shape index (κ2) is 4.61. The Hall–Kier alpha value is -1.16.